The molecule has 0 saturated heterocycles. The van der Waals surface area contributed by atoms with Crippen molar-refractivity contribution in [3.8, 4) is 5.75 Å². The van der Waals surface area contributed by atoms with Crippen molar-refractivity contribution < 1.29 is 13.9 Å². The third-order valence-corrected chi connectivity index (χ3v) is 4.64. The number of guanidine groups is 1. The first-order chi connectivity index (χ1) is 12.5. The van der Waals surface area contributed by atoms with Gasteiger partial charge in [0.25, 0.3) is 5.91 Å². The fraction of sp³-hybridized carbons (Fsp3) is 0.312. The monoisotopic (exact) mass is 378 g/mol. The lowest BCUT2D eigenvalue weighted by molar-refractivity contribution is -0.117. The first-order valence-corrected chi connectivity index (χ1v) is 8.40. The van der Waals surface area contributed by atoms with Gasteiger partial charge < -0.3 is 15.0 Å². The number of carbonyl (C=O) groups excluding carboxylic acids is 1. The maximum atomic E-state index is 13.9. The zero-order valence-corrected chi connectivity index (χ0v) is 14.7. The van der Waals surface area contributed by atoms with E-state index >= 15 is 0 Å². The summed E-state index contributed by atoms with van der Waals surface area (Å²) in [6, 6.07) is 2.79. The Morgan fingerprint density at radius 1 is 1.38 bits per heavy atom. The highest BCUT2D eigenvalue weighted by Crippen LogP contribution is 2.31. The van der Waals surface area contributed by atoms with Gasteiger partial charge in [-0.2, -0.15) is 4.99 Å². The van der Waals surface area contributed by atoms with E-state index in [4.69, 9.17) is 16.3 Å². The molecule has 136 valence electrons. The van der Waals surface area contributed by atoms with Crippen LogP contribution in [0.15, 0.2) is 33.5 Å². The quantitative estimate of drug-likeness (QED) is 0.699. The van der Waals surface area contributed by atoms with Gasteiger partial charge in [0.1, 0.15) is 24.5 Å². The Hall–Kier alpha value is -2.65. The lowest BCUT2D eigenvalue weighted by Gasteiger charge is -2.25. The van der Waals surface area contributed by atoms with Gasteiger partial charge in [0, 0.05) is 19.2 Å². The van der Waals surface area contributed by atoms with E-state index in [2.05, 4.69) is 20.7 Å². The average molecular weight is 379 g/mol. The minimum atomic E-state index is -0.523. The summed E-state index contributed by atoms with van der Waals surface area (Å²) in [7, 11) is 1.76. The summed E-state index contributed by atoms with van der Waals surface area (Å²) in [6.45, 7) is 1.13. The van der Waals surface area contributed by atoms with Crippen molar-refractivity contribution in [1.29, 1.82) is 0 Å². The molecule has 1 aromatic carbocycles. The number of benzene rings is 1. The molecule has 0 aromatic heterocycles. The van der Waals surface area contributed by atoms with Gasteiger partial charge in [0.15, 0.2) is 5.82 Å². The summed E-state index contributed by atoms with van der Waals surface area (Å²) in [6.07, 6.45) is 1.55. The second-order valence-corrected chi connectivity index (χ2v) is 6.34. The Labute approximate surface area is 153 Å². The van der Waals surface area contributed by atoms with Gasteiger partial charge in [-0.3, -0.25) is 4.79 Å². The molecule has 26 heavy (non-hydrogen) atoms. The first-order valence-electron chi connectivity index (χ1n) is 8.02. The number of ether oxygens (including phenoxy) is 1. The van der Waals surface area contributed by atoms with Crippen LogP contribution in [0.25, 0.3) is 0 Å². The van der Waals surface area contributed by atoms with Crippen molar-refractivity contribution in [3.63, 3.8) is 0 Å². The first kappa shape index (κ1) is 16.8. The second kappa shape index (κ2) is 6.58. The number of hydrogen-bond donors (Lipinski definition) is 2. The van der Waals surface area contributed by atoms with Gasteiger partial charge >= 0.3 is 0 Å². The molecule has 0 unspecified atom stereocenters. The SMILES string of the molecule is CN1Cc2c(ccc(F)c2Cl)OCCNC(=O)C2=C3N=C1N=CN3NC2. The lowest BCUT2D eigenvalue weighted by atomic mass is 10.2. The van der Waals surface area contributed by atoms with Gasteiger partial charge in [-0.1, -0.05) is 11.6 Å². The Bertz CT molecular complexity index is 869. The van der Waals surface area contributed by atoms with E-state index in [-0.39, 0.29) is 24.1 Å². The summed E-state index contributed by atoms with van der Waals surface area (Å²) in [5.74, 6) is 0.586. The van der Waals surface area contributed by atoms with E-state index in [1.54, 1.807) is 23.3 Å². The van der Waals surface area contributed by atoms with Crippen molar-refractivity contribution in [2.75, 3.05) is 26.7 Å². The van der Waals surface area contributed by atoms with Crippen LogP contribution in [0.1, 0.15) is 5.56 Å². The van der Waals surface area contributed by atoms with E-state index in [0.29, 0.717) is 41.8 Å². The molecule has 0 aliphatic carbocycles. The summed E-state index contributed by atoms with van der Waals surface area (Å²) in [4.78, 5) is 22.9. The lowest BCUT2D eigenvalue weighted by Crippen LogP contribution is -2.36. The summed E-state index contributed by atoms with van der Waals surface area (Å²) in [5, 5.41) is 4.39. The molecule has 2 N–H and O–H groups in total. The Balaban J connectivity index is 1.76. The number of rotatable bonds is 0. The van der Waals surface area contributed by atoms with Gasteiger partial charge in [0.05, 0.1) is 23.7 Å². The smallest absolute Gasteiger partial charge is 0.252 e. The number of fused-ring (bicyclic) bond motifs is 1. The summed E-state index contributed by atoms with van der Waals surface area (Å²) < 4.78 is 19.6. The predicted molar refractivity (Wildman–Crippen MR) is 94.2 cm³/mol. The molecule has 3 aliphatic heterocycles. The van der Waals surface area contributed by atoms with Crippen LogP contribution in [0.3, 0.4) is 0 Å². The van der Waals surface area contributed by atoms with E-state index < -0.39 is 5.82 Å². The normalized spacial score (nSPS) is 19.8. The number of halogens is 2. The van der Waals surface area contributed by atoms with Crippen LogP contribution < -0.4 is 15.5 Å². The zero-order chi connectivity index (χ0) is 18.3. The number of nitrogens with one attached hydrogen (secondary N) is 2. The second-order valence-electron chi connectivity index (χ2n) is 5.96. The number of hydrogen-bond acceptors (Lipinski definition) is 7. The molecule has 0 fully saturated rings. The highest BCUT2D eigenvalue weighted by molar-refractivity contribution is 6.31. The van der Waals surface area contributed by atoms with Crippen LogP contribution in [0.4, 0.5) is 4.39 Å². The third-order valence-electron chi connectivity index (χ3n) is 4.23. The van der Waals surface area contributed by atoms with E-state index in [1.807, 2.05) is 0 Å². The van der Waals surface area contributed by atoms with Gasteiger partial charge in [-0.15, -0.1) is 0 Å². The molecule has 3 heterocycles. The maximum Gasteiger partial charge on any atom is 0.252 e. The molecule has 10 heteroatoms. The molecule has 8 nitrogen and oxygen atoms in total. The molecule has 3 aliphatic rings. The van der Waals surface area contributed by atoms with Gasteiger partial charge in [-0.25, -0.2) is 19.8 Å². The molecule has 1 aromatic rings. The molecular weight excluding hydrogens is 363 g/mol. The number of nitrogens with zero attached hydrogens (tertiary/aromatic N) is 4. The number of amides is 1. The van der Waals surface area contributed by atoms with Crippen LogP contribution >= 0.6 is 11.6 Å². The largest absolute Gasteiger partial charge is 0.491 e. The molecular formula is C16H16ClFN6O2. The van der Waals surface area contributed by atoms with Crippen LogP contribution in [0.5, 0.6) is 5.75 Å². The Morgan fingerprint density at radius 3 is 3.08 bits per heavy atom. The highest BCUT2D eigenvalue weighted by atomic mass is 35.5. The summed E-state index contributed by atoms with van der Waals surface area (Å²) in [5.41, 5.74) is 4.04. The number of aliphatic imine (C=N–C) groups is 2. The number of carbonyl (C=O) groups is 1. The molecule has 0 atom stereocenters. The fourth-order valence-electron chi connectivity index (χ4n) is 2.88. The topological polar surface area (TPSA) is 81.6 Å². The molecule has 0 saturated carbocycles. The third kappa shape index (κ3) is 2.89. The highest BCUT2D eigenvalue weighted by Gasteiger charge is 2.30. The molecule has 2 bridgehead atoms. The van der Waals surface area contributed by atoms with Gasteiger partial charge in [-0.05, 0) is 12.1 Å². The van der Waals surface area contributed by atoms with Crippen molar-refractivity contribution in [2.45, 2.75) is 6.54 Å². The van der Waals surface area contributed by atoms with Crippen molar-refractivity contribution in [2.24, 2.45) is 9.98 Å². The van der Waals surface area contributed by atoms with Crippen molar-refractivity contribution in [1.82, 2.24) is 20.7 Å². The standard InChI is InChI=1S/C16H16ClFN6O2/c1-23-7-10-12(3-2-11(18)13(10)17)26-5-4-19-15(25)9-6-21-24-8-20-16(23)22-14(9)24/h2-3,8,21H,4-7H2,1H3,(H,19,25). The zero-order valence-electron chi connectivity index (χ0n) is 13.9. The van der Waals surface area contributed by atoms with E-state index in [9.17, 15) is 9.18 Å². The Morgan fingerprint density at radius 2 is 2.23 bits per heavy atom. The van der Waals surface area contributed by atoms with Crippen LogP contribution in [-0.2, 0) is 11.3 Å². The van der Waals surface area contributed by atoms with Crippen LogP contribution in [0.2, 0.25) is 5.02 Å². The van der Waals surface area contributed by atoms with Crippen LogP contribution in [0, 0.1) is 5.82 Å². The maximum absolute atomic E-state index is 13.9. The molecule has 0 spiro atoms. The van der Waals surface area contributed by atoms with Gasteiger partial charge in [0.2, 0.25) is 5.96 Å². The predicted octanol–water partition coefficient (Wildman–Crippen LogP) is 0.849. The van der Waals surface area contributed by atoms with Crippen molar-refractivity contribution >= 4 is 29.8 Å². The van der Waals surface area contributed by atoms with Crippen LogP contribution in [-0.4, -0.2) is 54.9 Å². The van der Waals surface area contributed by atoms with E-state index in [1.165, 1.54) is 12.1 Å². The van der Waals surface area contributed by atoms with E-state index in [0.717, 1.165) is 0 Å². The summed E-state index contributed by atoms with van der Waals surface area (Å²) >= 11 is 6.16. The molecule has 4 rings (SSSR count). The minimum Gasteiger partial charge on any atom is -0.491 e. The Kier molecular flexibility index (Phi) is 4.25. The van der Waals surface area contributed by atoms with Crippen molar-refractivity contribution in [3.05, 3.63) is 39.9 Å². The molecule has 1 amide bonds. The fourth-order valence-corrected chi connectivity index (χ4v) is 3.09. The number of hydrazine groups is 1. The average Bonchev–Trinajstić information content (AvgIpc) is 3.06. The minimum absolute atomic E-state index is 0.00212. The molecule has 0 radical (unpaired) electrons.